The summed E-state index contributed by atoms with van der Waals surface area (Å²) in [6.07, 6.45) is 0. The number of nitrogens with two attached hydrogens (primary N) is 1. The normalized spacial score (nSPS) is 10.0. The maximum atomic E-state index is 11.7. The zero-order chi connectivity index (χ0) is 12.5. The van der Waals surface area contributed by atoms with Gasteiger partial charge in [0.25, 0.3) is 0 Å². The Hall–Kier alpha value is -1.59. The topological polar surface area (TPSA) is 76.4 Å². The highest BCUT2D eigenvalue weighted by Gasteiger charge is 2.10. The molecular weight excluding hydrogens is 218 g/mol. The first kappa shape index (κ1) is 13.5. The summed E-state index contributed by atoms with van der Waals surface area (Å²) in [4.78, 5) is 11.7. The van der Waals surface area contributed by atoms with E-state index in [1.54, 1.807) is 13.1 Å². The Labute approximate surface area is 101 Å². The van der Waals surface area contributed by atoms with Crippen molar-refractivity contribution in [3.63, 3.8) is 0 Å². The molecule has 0 aliphatic rings. The van der Waals surface area contributed by atoms with Crippen molar-refractivity contribution in [1.82, 2.24) is 5.32 Å². The van der Waals surface area contributed by atoms with Gasteiger partial charge in [0.15, 0.2) is 0 Å². The van der Waals surface area contributed by atoms with Crippen LogP contribution >= 0.6 is 0 Å². The van der Waals surface area contributed by atoms with Crippen molar-refractivity contribution >= 4 is 11.7 Å². The van der Waals surface area contributed by atoms with Crippen LogP contribution in [0.4, 0.5) is 5.69 Å². The van der Waals surface area contributed by atoms with Gasteiger partial charge in [-0.05, 0) is 12.1 Å². The quantitative estimate of drug-likeness (QED) is 0.474. The Morgan fingerprint density at radius 3 is 2.82 bits per heavy atom. The number of esters is 1. The molecule has 0 heterocycles. The highest BCUT2D eigenvalue weighted by atomic mass is 16.5. The molecule has 0 aromatic heterocycles. The highest BCUT2D eigenvalue weighted by Crippen LogP contribution is 2.14. The number of hydrogen-bond acceptors (Lipinski definition) is 5. The summed E-state index contributed by atoms with van der Waals surface area (Å²) in [6, 6.07) is 7.25. The first-order chi connectivity index (χ1) is 8.29. The Kier molecular flexibility index (Phi) is 6.06. The van der Waals surface area contributed by atoms with Crippen molar-refractivity contribution in [3.05, 3.63) is 29.8 Å². The molecule has 0 saturated heterocycles. The van der Waals surface area contributed by atoms with Gasteiger partial charge in [0.05, 0.1) is 5.56 Å². The van der Waals surface area contributed by atoms with E-state index in [1.807, 2.05) is 18.2 Å². The second-order valence-corrected chi connectivity index (χ2v) is 3.47. The first-order valence-electron chi connectivity index (χ1n) is 5.64. The van der Waals surface area contributed by atoms with Crippen LogP contribution in [0.2, 0.25) is 0 Å². The molecule has 0 aliphatic heterocycles. The zero-order valence-electron chi connectivity index (χ0n) is 10.0. The van der Waals surface area contributed by atoms with Crippen molar-refractivity contribution in [2.45, 2.75) is 0 Å². The Morgan fingerprint density at radius 1 is 1.35 bits per heavy atom. The number of carbonyl (C=O) groups excluding carboxylic acids is 1. The number of anilines is 1. The number of ether oxygens (including phenoxy) is 1. The van der Waals surface area contributed by atoms with Gasteiger partial charge in [0.1, 0.15) is 6.61 Å². The fourth-order valence-electron chi connectivity index (χ4n) is 1.40. The lowest BCUT2D eigenvalue weighted by Crippen LogP contribution is -2.26. The fourth-order valence-corrected chi connectivity index (χ4v) is 1.40. The number of nitrogens with one attached hydrogen (secondary N) is 2. The average molecular weight is 237 g/mol. The third-order valence-electron chi connectivity index (χ3n) is 2.25. The lowest BCUT2D eigenvalue weighted by Gasteiger charge is -2.09. The van der Waals surface area contributed by atoms with Gasteiger partial charge in [-0.15, -0.1) is 0 Å². The van der Waals surface area contributed by atoms with Crippen molar-refractivity contribution in [1.29, 1.82) is 0 Å². The van der Waals surface area contributed by atoms with E-state index in [0.717, 1.165) is 12.2 Å². The molecule has 0 fully saturated rings. The smallest absolute Gasteiger partial charge is 0.340 e. The van der Waals surface area contributed by atoms with Gasteiger partial charge in [-0.2, -0.15) is 0 Å². The summed E-state index contributed by atoms with van der Waals surface area (Å²) in [6.45, 7) is 2.27. The van der Waals surface area contributed by atoms with E-state index >= 15 is 0 Å². The molecule has 1 aromatic rings. The van der Waals surface area contributed by atoms with Crippen molar-refractivity contribution in [2.75, 3.05) is 38.6 Å². The Morgan fingerprint density at radius 2 is 2.12 bits per heavy atom. The molecule has 5 heteroatoms. The summed E-state index contributed by atoms with van der Waals surface area (Å²) in [5.41, 5.74) is 6.64. The van der Waals surface area contributed by atoms with Gasteiger partial charge >= 0.3 is 5.97 Å². The molecule has 0 radical (unpaired) electrons. The van der Waals surface area contributed by atoms with Crippen LogP contribution in [0.3, 0.4) is 0 Å². The van der Waals surface area contributed by atoms with E-state index in [2.05, 4.69) is 10.6 Å². The standard InChI is InChI=1S/C12H19N3O2/c1-14-11-5-3-2-4-10(11)12(16)17-9-8-15-7-6-13/h2-5,14-15H,6-9,13H2,1H3. The SMILES string of the molecule is CNc1ccccc1C(=O)OCCNCCN. The van der Waals surface area contributed by atoms with Gasteiger partial charge in [-0.25, -0.2) is 4.79 Å². The van der Waals surface area contributed by atoms with Crippen LogP contribution in [0.15, 0.2) is 24.3 Å². The van der Waals surface area contributed by atoms with Crippen LogP contribution in [0.25, 0.3) is 0 Å². The minimum absolute atomic E-state index is 0.315. The molecule has 0 bridgehead atoms. The molecule has 5 nitrogen and oxygen atoms in total. The second-order valence-electron chi connectivity index (χ2n) is 3.47. The number of benzene rings is 1. The molecule has 1 rings (SSSR count). The lowest BCUT2D eigenvalue weighted by molar-refractivity contribution is 0.0510. The maximum absolute atomic E-state index is 11.7. The van der Waals surface area contributed by atoms with Crippen LogP contribution < -0.4 is 16.4 Å². The molecule has 1 aromatic carbocycles. The van der Waals surface area contributed by atoms with Crippen molar-refractivity contribution in [3.8, 4) is 0 Å². The number of carbonyl (C=O) groups is 1. The molecule has 94 valence electrons. The summed E-state index contributed by atoms with van der Waals surface area (Å²) < 4.78 is 5.13. The monoisotopic (exact) mass is 237 g/mol. The van der Waals surface area contributed by atoms with E-state index in [0.29, 0.717) is 25.3 Å². The summed E-state index contributed by atoms with van der Waals surface area (Å²) >= 11 is 0. The van der Waals surface area contributed by atoms with Crippen LogP contribution in [0.5, 0.6) is 0 Å². The first-order valence-corrected chi connectivity index (χ1v) is 5.64. The average Bonchev–Trinajstić information content (AvgIpc) is 2.38. The minimum Gasteiger partial charge on any atom is -0.461 e. The van der Waals surface area contributed by atoms with E-state index in [-0.39, 0.29) is 5.97 Å². The van der Waals surface area contributed by atoms with E-state index < -0.39 is 0 Å². The molecule has 0 atom stereocenters. The number of hydrogen-bond donors (Lipinski definition) is 3. The summed E-state index contributed by atoms with van der Waals surface area (Å²) in [5, 5.41) is 6.01. The molecule has 17 heavy (non-hydrogen) atoms. The molecule has 0 saturated carbocycles. The number of rotatable bonds is 7. The van der Waals surface area contributed by atoms with E-state index in [4.69, 9.17) is 10.5 Å². The molecule has 4 N–H and O–H groups in total. The molecule has 0 unspecified atom stereocenters. The fraction of sp³-hybridized carbons (Fsp3) is 0.417. The molecular formula is C12H19N3O2. The van der Waals surface area contributed by atoms with Gasteiger partial charge in [0.2, 0.25) is 0 Å². The number of para-hydroxylation sites is 1. The predicted octanol–water partition coefficient (Wildman–Crippen LogP) is 0.433. The Bertz CT molecular complexity index is 355. The third-order valence-corrected chi connectivity index (χ3v) is 2.25. The van der Waals surface area contributed by atoms with Crippen molar-refractivity contribution in [2.24, 2.45) is 5.73 Å². The second kappa shape index (κ2) is 7.65. The third kappa shape index (κ3) is 4.42. The maximum Gasteiger partial charge on any atom is 0.340 e. The van der Waals surface area contributed by atoms with Gasteiger partial charge < -0.3 is 21.1 Å². The van der Waals surface area contributed by atoms with Gasteiger partial charge in [0, 0.05) is 32.4 Å². The van der Waals surface area contributed by atoms with Crippen LogP contribution in [0.1, 0.15) is 10.4 Å². The largest absolute Gasteiger partial charge is 0.461 e. The van der Waals surface area contributed by atoms with Crippen molar-refractivity contribution < 1.29 is 9.53 Å². The van der Waals surface area contributed by atoms with Crippen LogP contribution in [0, 0.1) is 0 Å². The summed E-state index contributed by atoms with van der Waals surface area (Å²) in [5.74, 6) is -0.315. The summed E-state index contributed by atoms with van der Waals surface area (Å²) in [7, 11) is 1.77. The van der Waals surface area contributed by atoms with E-state index in [9.17, 15) is 4.79 Å². The van der Waals surface area contributed by atoms with Gasteiger partial charge in [-0.1, -0.05) is 12.1 Å². The lowest BCUT2D eigenvalue weighted by atomic mass is 10.2. The zero-order valence-corrected chi connectivity index (χ0v) is 10.0. The molecule has 0 aliphatic carbocycles. The van der Waals surface area contributed by atoms with Crippen LogP contribution in [-0.2, 0) is 4.74 Å². The van der Waals surface area contributed by atoms with Gasteiger partial charge in [-0.3, -0.25) is 0 Å². The van der Waals surface area contributed by atoms with Crippen LogP contribution in [-0.4, -0.2) is 39.3 Å². The van der Waals surface area contributed by atoms with E-state index in [1.165, 1.54) is 0 Å². The Balaban J connectivity index is 2.41. The molecule has 0 spiro atoms. The molecule has 0 amide bonds. The highest BCUT2D eigenvalue weighted by molar-refractivity contribution is 5.95. The minimum atomic E-state index is -0.315. The predicted molar refractivity (Wildman–Crippen MR) is 68.2 cm³/mol.